The minimum atomic E-state index is -0.358. The molecule has 0 unspecified atom stereocenters. The van der Waals surface area contributed by atoms with Gasteiger partial charge in [0.1, 0.15) is 6.04 Å². The molecule has 1 saturated heterocycles. The predicted molar refractivity (Wildman–Crippen MR) is 123 cm³/mol. The highest BCUT2D eigenvalue weighted by Crippen LogP contribution is 2.26. The summed E-state index contributed by atoms with van der Waals surface area (Å²) in [5.41, 5.74) is 4.03. The zero-order chi connectivity index (χ0) is 21.8. The van der Waals surface area contributed by atoms with Crippen LogP contribution in [0.1, 0.15) is 35.6 Å². The molecule has 2 aromatic carbocycles. The first-order valence-corrected chi connectivity index (χ1v) is 11.2. The van der Waals surface area contributed by atoms with Crippen molar-refractivity contribution in [1.82, 2.24) is 15.1 Å². The van der Waals surface area contributed by atoms with Crippen LogP contribution in [0, 0.1) is 13.8 Å². The van der Waals surface area contributed by atoms with Gasteiger partial charge >= 0.3 is 0 Å². The Hall–Kier alpha value is -2.70. The van der Waals surface area contributed by atoms with Gasteiger partial charge in [-0.1, -0.05) is 42.5 Å². The molecule has 1 aliphatic carbocycles. The molecular weight excluding hydrogens is 388 g/mol. The number of nitrogens with zero attached hydrogens (tertiary/aromatic N) is 2. The van der Waals surface area contributed by atoms with E-state index in [0.717, 1.165) is 61.4 Å². The number of carbonyl (C=O) groups is 2. The quantitative estimate of drug-likeness (QED) is 0.723. The molecule has 31 heavy (non-hydrogen) atoms. The molecule has 2 N–H and O–H groups in total. The van der Waals surface area contributed by atoms with E-state index in [2.05, 4.69) is 26.5 Å². The maximum atomic E-state index is 13.4. The first kappa shape index (κ1) is 21.5. The van der Waals surface area contributed by atoms with E-state index >= 15 is 0 Å². The molecule has 2 aromatic rings. The molecule has 1 atom stereocenters. The van der Waals surface area contributed by atoms with Crippen molar-refractivity contribution < 1.29 is 9.59 Å². The van der Waals surface area contributed by atoms with Crippen LogP contribution in [0.5, 0.6) is 0 Å². The Labute approximate surface area is 184 Å². The Balaban J connectivity index is 1.44. The lowest BCUT2D eigenvalue weighted by Gasteiger charge is -2.38. The van der Waals surface area contributed by atoms with E-state index in [-0.39, 0.29) is 17.9 Å². The van der Waals surface area contributed by atoms with Gasteiger partial charge in [0.05, 0.1) is 6.54 Å². The lowest BCUT2D eigenvalue weighted by molar-refractivity contribution is -0.125. The van der Waals surface area contributed by atoms with Gasteiger partial charge in [-0.2, -0.15) is 0 Å². The third kappa shape index (κ3) is 5.71. The summed E-state index contributed by atoms with van der Waals surface area (Å²) in [7, 11) is 0. The molecule has 4 rings (SSSR count). The molecule has 0 spiro atoms. The largest absolute Gasteiger partial charge is 0.352 e. The SMILES string of the molecule is Cc1ccc(C)c(NC(=O)[C@@H](c2ccccc2)N2CCN(CC(=O)NC3CC3)CC2)c1. The van der Waals surface area contributed by atoms with Crippen molar-refractivity contribution in [2.45, 2.75) is 38.8 Å². The second kappa shape index (κ2) is 9.62. The number of nitrogens with one attached hydrogen (secondary N) is 2. The van der Waals surface area contributed by atoms with Crippen LogP contribution in [0.15, 0.2) is 48.5 Å². The fraction of sp³-hybridized carbons (Fsp3) is 0.440. The van der Waals surface area contributed by atoms with Crippen molar-refractivity contribution in [1.29, 1.82) is 0 Å². The highest BCUT2D eigenvalue weighted by molar-refractivity contribution is 5.96. The fourth-order valence-corrected chi connectivity index (χ4v) is 4.12. The number of piperazine rings is 1. The Bertz CT molecular complexity index is 918. The molecule has 0 aromatic heterocycles. The minimum absolute atomic E-state index is 0.0140. The third-order valence-corrected chi connectivity index (χ3v) is 6.10. The van der Waals surface area contributed by atoms with E-state index in [4.69, 9.17) is 0 Å². The number of aryl methyl sites for hydroxylation is 2. The van der Waals surface area contributed by atoms with Crippen LogP contribution in [0.25, 0.3) is 0 Å². The second-order valence-electron chi connectivity index (χ2n) is 8.77. The standard InChI is InChI=1S/C25H32N4O2/c1-18-8-9-19(2)22(16-18)27-25(31)24(20-6-4-3-5-7-20)29-14-12-28(13-15-29)17-23(30)26-21-10-11-21/h3-9,16,21,24H,10-15,17H2,1-2H3,(H,26,30)(H,27,31)/t24-/m1/s1. The van der Waals surface area contributed by atoms with Crippen LogP contribution in [0.2, 0.25) is 0 Å². The highest BCUT2D eigenvalue weighted by Gasteiger charge is 2.31. The topological polar surface area (TPSA) is 64.7 Å². The molecule has 2 amide bonds. The number of amides is 2. The molecule has 1 heterocycles. The highest BCUT2D eigenvalue weighted by atomic mass is 16.2. The summed E-state index contributed by atoms with van der Waals surface area (Å²) in [4.78, 5) is 30.0. The average Bonchev–Trinajstić information content (AvgIpc) is 3.57. The summed E-state index contributed by atoms with van der Waals surface area (Å²) >= 11 is 0. The zero-order valence-corrected chi connectivity index (χ0v) is 18.4. The normalized spacial score (nSPS) is 18.4. The molecule has 0 bridgehead atoms. The summed E-state index contributed by atoms with van der Waals surface area (Å²) < 4.78 is 0. The summed E-state index contributed by atoms with van der Waals surface area (Å²) in [5.74, 6) is 0.100. The van der Waals surface area contributed by atoms with E-state index in [1.165, 1.54) is 0 Å². The molecule has 164 valence electrons. The maximum Gasteiger partial charge on any atom is 0.246 e. The van der Waals surface area contributed by atoms with Gasteiger partial charge in [-0.15, -0.1) is 0 Å². The molecule has 6 nitrogen and oxygen atoms in total. The lowest BCUT2D eigenvalue weighted by Crippen LogP contribution is -2.52. The van der Waals surface area contributed by atoms with Crippen LogP contribution in [0.3, 0.4) is 0 Å². The second-order valence-corrected chi connectivity index (χ2v) is 8.77. The van der Waals surface area contributed by atoms with Gasteiger partial charge in [0.25, 0.3) is 0 Å². The Morgan fingerprint density at radius 1 is 1.00 bits per heavy atom. The summed E-state index contributed by atoms with van der Waals surface area (Å²) in [6, 6.07) is 16.1. The van der Waals surface area contributed by atoms with Gasteiger partial charge in [0.15, 0.2) is 0 Å². The minimum Gasteiger partial charge on any atom is -0.352 e. The van der Waals surface area contributed by atoms with Gasteiger partial charge < -0.3 is 10.6 Å². The Morgan fingerprint density at radius 3 is 2.39 bits per heavy atom. The van der Waals surface area contributed by atoms with Crippen molar-refractivity contribution in [3.63, 3.8) is 0 Å². The van der Waals surface area contributed by atoms with Gasteiger partial charge in [-0.25, -0.2) is 0 Å². The zero-order valence-electron chi connectivity index (χ0n) is 18.4. The van der Waals surface area contributed by atoms with Gasteiger partial charge in [0.2, 0.25) is 11.8 Å². The van der Waals surface area contributed by atoms with Crippen molar-refractivity contribution in [3.05, 3.63) is 65.2 Å². The van der Waals surface area contributed by atoms with Crippen LogP contribution < -0.4 is 10.6 Å². The van der Waals surface area contributed by atoms with E-state index in [1.54, 1.807) is 0 Å². The summed E-state index contributed by atoms with van der Waals surface area (Å²) in [5, 5.41) is 6.22. The number of anilines is 1. The van der Waals surface area contributed by atoms with Gasteiger partial charge in [-0.05, 0) is 49.4 Å². The van der Waals surface area contributed by atoms with E-state index in [0.29, 0.717) is 12.6 Å². The van der Waals surface area contributed by atoms with Crippen molar-refractivity contribution in [2.24, 2.45) is 0 Å². The molecule has 6 heteroatoms. The molecule has 2 aliphatic rings. The average molecular weight is 421 g/mol. The third-order valence-electron chi connectivity index (χ3n) is 6.10. The molecule has 1 aliphatic heterocycles. The van der Waals surface area contributed by atoms with Crippen LogP contribution >= 0.6 is 0 Å². The van der Waals surface area contributed by atoms with Crippen molar-refractivity contribution in [2.75, 3.05) is 38.0 Å². The number of carbonyl (C=O) groups excluding carboxylic acids is 2. The fourth-order valence-electron chi connectivity index (χ4n) is 4.12. The monoisotopic (exact) mass is 420 g/mol. The first-order chi connectivity index (χ1) is 15.0. The number of rotatable bonds is 7. The van der Waals surface area contributed by atoms with Crippen LogP contribution in [0.4, 0.5) is 5.69 Å². The van der Waals surface area contributed by atoms with Gasteiger partial charge in [0, 0.05) is 37.9 Å². The lowest BCUT2D eigenvalue weighted by atomic mass is 10.0. The van der Waals surface area contributed by atoms with Crippen LogP contribution in [-0.4, -0.2) is 60.4 Å². The number of hydrogen-bond acceptors (Lipinski definition) is 4. The number of hydrogen-bond donors (Lipinski definition) is 2. The Kier molecular flexibility index (Phi) is 6.68. The number of benzene rings is 2. The molecule has 1 saturated carbocycles. The van der Waals surface area contributed by atoms with E-state index in [9.17, 15) is 9.59 Å². The van der Waals surface area contributed by atoms with E-state index < -0.39 is 0 Å². The molecule has 0 radical (unpaired) electrons. The molecule has 2 fully saturated rings. The maximum absolute atomic E-state index is 13.4. The summed E-state index contributed by atoms with van der Waals surface area (Å²) in [6.45, 7) is 7.53. The smallest absolute Gasteiger partial charge is 0.246 e. The van der Waals surface area contributed by atoms with Crippen molar-refractivity contribution >= 4 is 17.5 Å². The Morgan fingerprint density at radius 2 is 1.71 bits per heavy atom. The van der Waals surface area contributed by atoms with E-state index in [1.807, 2.05) is 56.3 Å². The van der Waals surface area contributed by atoms with Gasteiger partial charge in [-0.3, -0.25) is 19.4 Å². The first-order valence-electron chi connectivity index (χ1n) is 11.2. The summed E-state index contributed by atoms with van der Waals surface area (Å²) in [6.07, 6.45) is 2.21. The van der Waals surface area contributed by atoms with Crippen LogP contribution in [-0.2, 0) is 9.59 Å². The van der Waals surface area contributed by atoms with Crippen molar-refractivity contribution in [3.8, 4) is 0 Å². The molecular formula is C25H32N4O2. The predicted octanol–water partition coefficient (Wildman–Crippen LogP) is 2.88.